The Morgan fingerprint density at radius 1 is 0.703 bits per heavy atom. The minimum Gasteiger partial charge on any atom is -0.381 e. The van der Waals surface area contributed by atoms with E-state index in [0.29, 0.717) is 32.7 Å². The average Bonchev–Trinajstić information content (AvgIpc) is 2.86. The molecule has 0 fully saturated rings. The van der Waals surface area contributed by atoms with Crippen LogP contribution in [-0.2, 0) is 18.6 Å². The summed E-state index contributed by atoms with van der Waals surface area (Å²) in [5, 5.41) is 0. The molecule has 0 spiro atoms. The predicted molar refractivity (Wildman–Crippen MR) is 157 cm³/mol. The zero-order valence-corrected chi connectivity index (χ0v) is 26.0. The fourth-order valence-electron chi connectivity index (χ4n) is 4.45. The number of nitrogens with one attached hydrogen (secondary N) is 1. The first-order chi connectivity index (χ1) is 18.0. The number of ketones is 1. The Kier molecular flexibility index (Phi) is 28.8. The van der Waals surface area contributed by atoms with Gasteiger partial charge in [0.1, 0.15) is 5.78 Å². The third-order valence-corrected chi connectivity index (χ3v) is 7.51. The van der Waals surface area contributed by atoms with Gasteiger partial charge in [0.15, 0.2) is 0 Å². The van der Waals surface area contributed by atoms with E-state index in [1.54, 1.807) is 0 Å². The van der Waals surface area contributed by atoms with Gasteiger partial charge < -0.3 is 23.6 Å². The van der Waals surface area contributed by atoms with Crippen LogP contribution < -0.4 is 4.90 Å². The minimum atomic E-state index is -1.89. The van der Waals surface area contributed by atoms with Crippen LogP contribution in [0, 0.1) is 5.92 Å². The Hall–Kier alpha value is -0.100. The first-order valence-corrected chi connectivity index (χ1v) is 16.8. The molecular weight excluding hydrogens is 485 g/mol. The average molecular weight is 549 g/mol. The normalized spacial score (nSPS) is 13.4. The van der Waals surface area contributed by atoms with Crippen molar-refractivity contribution in [2.24, 2.45) is 5.92 Å². The summed E-state index contributed by atoms with van der Waals surface area (Å²) in [6.45, 7) is 7.43. The van der Waals surface area contributed by atoms with Gasteiger partial charge in [0, 0.05) is 25.4 Å². The zero-order chi connectivity index (χ0) is 27.4. The molecule has 0 amide bonds. The number of unbranched alkanes of at least 4 members (excludes halogenated alkanes) is 14. The third-order valence-electron chi connectivity index (χ3n) is 6.73. The van der Waals surface area contributed by atoms with E-state index >= 15 is 0 Å². The van der Waals surface area contributed by atoms with Gasteiger partial charge in [-0.2, -0.15) is 0 Å². The number of ether oxygens (including phenoxy) is 1. The summed E-state index contributed by atoms with van der Waals surface area (Å²) in [5.74, 6) is 0.217. The Labute approximate surface area is 231 Å². The van der Waals surface area contributed by atoms with Gasteiger partial charge >= 0.3 is 8.60 Å². The molecule has 0 saturated carbocycles. The molecule has 0 aromatic carbocycles. The smallest absolute Gasteiger partial charge is 0.329 e. The first kappa shape index (κ1) is 36.9. The van der Waals surface area contributed by atoms with Gasteiger partial charge in [-0.15, -0.1) is 0 Å². The molecule has 0 saturated heterocycles. The number of carbonyl (C=O) groups excluding carboxylic acids is 1. The maximum absolute atomic E-state index is 12.2. The maximum Gasteiger partial charge on any atom is 0.329 e. The molecular formula is C30H63NO5P+. The van der Waals surface area contributed by atoms with Crippen molar-refractivity contribution >= 4 is 14.4 Å². The summed E-state index contributed by atoms with van der Waals surface area (Å²) in [6.07, 6.45) is 22.7. The molecule has 222 valence electrons. The van der Waals surface area contributed by atoms with Crippen molar-refractivity contribution in [2.75, 3.05) is 47.1 Å². The standard InChI is InChI=1S/C30H62NO5P/c1-5-7-8-9-10-11-12-13-14-15-16-17-18-20-24-34-27-29(26-30(32)22-6-2)28-36-37(33)35-25-21-19-23-31(3)4/h29,33H,5-28H2,1-4H3/p+1. The summed E-state index contributed by atoms with van der Waals surface area (Å²) in [7, 11) is 2.37. The third kappa shape index (κ3) is 28.7. The monoisotopic (exact) mass is 548 g/mol. The van der Waals surface area contributed by atoms with Gasteiger partial charge in [-0.3, -0.25) is 4.79 Å². The molecule has 0 rings (SSSR count). The second kappa shape index (κ2) is 28.9. The fourth-order valence-corrected chi connectivity index (χ4v) is 5.15. The number of carbonyl (C=O) groups is 1. The number of hydrogen-bond donors (Lipinski definition) is 2. The second-order valence-corrected chi connectivity index (χ2v) is 12.1. The van der Waals surface area contributed by atoms with Crippen molar-refractivity contribution in [1.29, 1.82) is 0 Å². The summed E-state index contributed by atoms with van der Waals surface area (Å²) in [5.41, 5.74) is 0. The largest absolute Gasteiger partial charge is 0.381 e. The Bertz CT molecular complexity index is 481. The van der Waals surface area contributed by atoms with E-state index in [-0.39, 0.29) is 11.7 Å². The highest BCUT2D eigenvalue weighted by Crippen LogP contribution is 2.34. The molecule has 2 N–H and O–H groups in total. The molecule has 2 atom stereocenters. The van der Waals surface area contributed by atoms with Gasteiger partial charge in [-0.25, -0.2) is 0 Å². The van der Waals surface area contributed by atoms with Crippen LogP contribution in [0.5, 0.6) is 0 Å². The van der Waals surface area contributed by atoms with Gasteiger partial charge in [0.25, 0.3) is 0 Å². The van der Waals surface area contributed by atoms with E-state index in [0.717, 1.165) is 38.8 Å². The molecule has 6 nitrogen and oxygen atoms in total. The van der Waals surface area contributed by atoms with Crippen LogP contribution in [0.3, 0.4) is 0 Å². The summed E-state index contributed by atoms with van der Waals surface area (Å²) >= 11 is 0. The van der Waals surface area contributed by atoms with Crippen LogP contribution >= 0.6 is 8.60 Å². The van der Waals surface area contributed by atoms with E-state index < -0.39 is 8.60 Å². The molecule has 0 aromatic rings. The molecule has 37 heavy (non-hydrogen) atoms. The SMILES string of the molecule is CCCCCCCCCCCCCCCCOCC(COP(O)OCCCC[NH+](C)C)CC(=O)CCC. The highest BCUT2D eigenvalue weighted by molar-refractivity contribution is 7.40. The van der Waals surface area contributed by atoms with Crippen molar-refractivity contribution in [3.8, 4) is 0 Å². The van der Waals surface area contributed by atoms with Gasteiger partial charge in [-0.05, 0) is 25.7 Å². The molecule has 2 unspecified atom stereocenters. The van der Waals surface area contributed by atoms with E-state index in [4.69, 9.17) is 13.8 Å². The number of hydrogen-bond acceptors (Lipinski definition) is 5. The van der Waals surface area contributed by atoms with Crippen LogP contribution in [0.4, 0.5) is 0 Å². The van der Waals surface area contributed by atoms with E-state index in [2.05, 4.69) is 21.0 Å². The quantitative estimate of drug-likeness (QED) is 0.0744. The Balaban J connectivity index is 3.80. The molecule has 0 heterocycles. The van der Waals surface area contributed by atoms with E-state index in [9.17, 15) is 9.69 Å². The predicted octanol–water partition coefficient (Wildman–Crippen LogP) is 7.04. The molecule has 7 heteroatoms. The highest BCUT2D eigenvalue weighted by atomic mass is 31.2. The molecule has 0 aliphatic heterocycles. The second-order valence-electron chi connectivity index (χ2n) is 11.1. The van der Waals surface area contributed by atoms with E-state index in [1.165, 1.54) is 88.4 Å². The van der Waals surface area contributed by atoms with Crippen molar-refractivity contribution in [3.05, 3.63) is 0 Å². The molecule has 0 aliphatic carbocycles. The Morgan fingerprint density at radius 2 is 1.24 bits per heavy atom. The lowest BCUT2D eigenvalue weighted by Crippen LogP contribution is -3.05. The van der Waals surface area contributed by atoms with Crippen molar-refractivity contribution < 1.29 is 28.4 Å². The van der Waals surface area contributed by atoms with E-state index in [1.807, 2.05) is 6.92 Å². The number of quaternary nitrogens is 1. The first-order valence-electron chi connectivity index (χ1n) is 15.6. The minimum absolute atomic E-state index is 0.0243. The summed E-state index contributed by atoms with van der Waals surface area (Å²) in [6, 6.07) is 0. The lowest BCUT2D eigenvalue weighted by Gasteiger charge is -2.18. The number of Topliss-reactive ketones (excluding diaryl/α,β-unsaturated/α-hetero) is 1. The van der Waals surface area contributed by atoms with Crippen LogP contribution in [0.1, 0.15) is 136 Å². The molecule has 0 bridgehead atoms. The van der Waals surface area contributed by atoms with Crippen molar-refractivity contribution in [3.63, 3.8) is 0 Å². The van der Waals surface area contributed by atoms with Crippen LogP contribution in [-0.4, -0.2) is 57.7 Å². The lowest BCUT2D eigenvalue weighted by molar-refractivity contribution is -0.858. The zero-order valence-electron chi connectivity index (χ0n) is 25.1. The highest BCUT2D eigenvalue weighted by Gasteiger charge is 2.17. The Morgan fingerprint density at radius 3 is 1.78 bits per heavy atom. The van der Waals surface area contributed by atoms with Gasteiger partial charge in [0.05, 0.1) is 40.5 Å². The lowest BCUT2D eigenvalue weighted by atomic mass is 10.0. The number of rotatable bonds is 30. The van der Waals surface area contributed by atoms with Crippen LogP contribution in [0.15, 0.2) is 0 Å². The molecule has 0 aliphatic rings. The summed E-state index contributed by atoms with van der Waals surface area (Å²) < 4.78 is 16.9. The van der Waals surface area contributed by atoms with Gasteiger partial charge in [0.2, 0.25) is 0 Å². The molecule has 0 aromatic heterocycles. The maximum atomic E-state index is 12.2. The van der Waals surface area contributed by atoms with Crippen molar-refractivity contribution in [1.82, 2.24) is 0 Å². The van der Waals surface area contributed by atoms with Crippen LogP contribution in [0.25, 0.3) is 0 Å². The topological polar surface area (TPSA) is 69.4 Å². The van der Waals surface area contributed by atoms with Crippen molar-refractivity contribution in [2.45, 2.75) is 136 Å². The molecule has 0 radical (unpaired) electrons. The van der Waals surface area contributed by atoms with Gasteiger partial charge in [-0.1, -0.05) is 97.3 Å². The fraction of sp³-hybridized carbons (Fsp3) is 0.967. The van der Waals surface area contributed by atoms with Crippen LogP contribution in [0.2, 0.25) is 0 Å². The summed E-state index contributed by atoms with van der Waals surface area (Å²) in [4.78, 5) is 23.6.